The number of rotatable bonds is 7. The van der Waals surface area contributed by atoms with Gasteiger partial charge in [0.05, 0.1) is 9.79 Å². The molecule has 10 nitrogen and oxygen atoms in total. The fourth-order valence-corrected chi connectivity index (χ4v) is 8.12. The van der Waals surface area contributed by atoms with Crippen molar-refractivity contribution in [2.24, 2.45) is 0 Å². The summed E-state index contributed by atoms with van der Waals surface area (Å²) < 4.78 is 55.4. The third-order valence-electron chi connectivity index (χ3n) is 7.17. The largest absolute Gasteiger partial charge is 0.268 e. The molecule has 0 radical (unpaired) electrons. The van der Waals surface area contributed by atoms with Crippen LogP contribution >= 0.6 is 0 Å². The SMILES string of the molecule is Cc1cccnc1N(C(=O)c1cccc(S(=O)(=O)N2CCCC2)c1)C(=O)c1cccc(S(=O)(=O)N2CCCC2)c1. The van der Waals surface area contributed by atoms with Crippen molar-refractivity contribution in [2.45, 2.75) is 42.4 Å². The number of anilines is 1. The van der Waals surface area contributed by atoms with Gasteiger partial charge in [-0.1, -0.05) is 18.2 Å². The first kappa shape index (κ1) is 28.1. The second-order valence-electron chi connectivity index (χ2n) is 9.87. The topological polar surface area (TPSA) is 125 Å². The zero-order chi connectivity index (χ0) is 28.5. The van der Waals surface area contributed by atoms with E-state index in [0.29, 0.717) is 31.7 Å². The number of nitrogens with zero attached hydrogens (tertiary/aromatic N) is 4. The van der Waals surface area contributed by atoms with Gasteiger partial charge in [0.2, 0.25) is 20.0 Å². The standard InChI is InChI=1S/C28H30N4O6S2/c1-21-9-8-14-29-26(21)32(27(33)22-10-6-12-24(19-22)39(35,36)30-15-2-3-16-30)28(34)23-11-7-13-25(20-23)40(37,38)31-17-4-5-18-31/h6-14,19-20H,2-5,15-18H2,1H3. The maximum absolute atomic E-state index is 13.9. The molecule has 3 heterocycles. The van der Waals surface area contributed by atoms with Crippen LogP contribution in [0.4, 0.5) is 5.82 Å². The molecule has 2 aliphatic rings. The first-order valence-corrected chi connectivity index (χ1v) is 16.0. The maximum atomic E-state index is 13.9. The molecule has 0 saturated carbocycles. The molecule has 0 unspecified atom stereocenters. The Morgan fingerprint density at radius 1 is 0.700 bits per heavy atom. The zero-order valence-electron chi connectivity index (χ0n) is 22.1. The maximum Gasteiger partial charge on any atom is 0.266 e. The molecule has 210 valence electrons. The number of hydrogen-bond donors (Lipinski definition) is 0. The van der Waals surface area contributed by atoms with E-state index in [9.17, 15) is 26.4 Å². The molecule has 12 heteroatoms. The highest BCUT2D eigenvalue weighted by molar-refractivity contribution is 7.89. The molecule has 2 fully saturated rings. The highest BCUT2D eigenvalue weighted by atomic mass is 32.2. The van der Waals surface area contributed by atoms with Crippen LogP contribution in [-0.2, 0) is 20.0 Å². The summed E-state index contributed by atoms with van der Waals surface area (Å²) in [5.41, 5.74) is 0.505. The summed E-state index contributed by atoms with van der Waals surface area (Å²) in [6, 6.07) is 14.6. The molecule has 2 aromatic carbocycles. The normalized spacial score (nSPS) is 16.7. The number of amides is 2. The van der Waals surface area contributed by atoms with E-state index in [4.69, 9.17) is 0 Å². The van der Waals surface area contributed by atoms with Gasteiger partial charge in [0.1, 0.15) is 5.82 Å². The van der Waals surface area contributed by atoms with Gasteiger partial charge in [0.15, 0.2) is 0 Å². The quantitative estimate of drug-likeness (QED) is 0.391. The molecule has 0 N–H and O–H groups in total. The van der Waals surface area contributed by atoms with Crippen molar-refractivity contribution in [3.05, 3.63) is 83.6 Å². The van der Waals surface area contributed by atoms with Crippen LogP contribution in [0.2, 0.25) is 0 Å². The van der Waals surface area contributed by atoms with Gasteiger partial charge < -0.3 is 0 Å². The molecule has 2 saturated heterocycles. The van der Waals surface area contributed by atoms with Crippen LogP contribution in [0.15, 0.2) is 76.7 Å². The van der Waals surface area contributed by atoms with Crippen LogP contribution in [0.1, 0.15) is 52.0 Å². The van der Waals surface area contributed by atoms with Crippen molar-refractivity contribution >= 4 is 37.7 Å². The molecule has 0 bridgehead atoms. The summed E-state index contributed by atoms with van der Waals surface area (Å²) in [5, 5.41) is 0. The minimum absolute atomic E-state index is 0.0143. The number of benzene rings is 2. The van der Waals surface area contributed by atoms with E-state index in [1.54, 1.807) is 19.1 Å². The molecule has 0 spiro atoms. The number of aromatic nitrogens is 1. The molecule has 2 aliphatic heterocycles. The van der Waals surface area contributed by atoms with E-state index in [1.807, 2.05) is 0 Å². The second kappa shape index (κ2) is 11.2. The molecule has 2 amide bonds. The Kier molecular flexibility index (Phi) is 7.87. The third-order valence-corrected chi connectivity index (χ3v) is 11.0. The summed E-state index contributed by atoms with van der Waals surface area (Å²) in [6.07, 6.45) is 4.52. The number of aryl methyl sites for hydroxylation is 1. The minimum Gasteiger partial charge on any atom is -0.268 e. The third kappa shape index (κ3) is 5.31. The van der Waals surface area contributed by atoms with Crippen LogP contribution in [0.25, 0.3) is 0 Å². The second-order valence-corrected chi connectivity index (χ2v) is 13.7. The number of hydrogen-bond acceptors (Lipinski definition) is 7. The molecule has 3 aromatic rings. The van der Waals surface area contributed by atoms with E-state index >= 15 is 0 Å². The number of sulfonamides is 2. The predicted molar refractivity (Wildman–Crippen MR) is 149 cm³/mol. The van der Waals surface area contributed by atoms with Crippen molar-refractivity contribution in [1.82, 2.24) is 13.6 Å². The number of pyridine rings is 1. The number of imide groups is 1. The van der Waals surface area contributed by atoms with Crippen LogP contribution in [0.5, 0.6) is 0 Å². The van der Waals surface area contributed by atoms with Gasteiger partial charge in [-0.15, -0.1) is 0 Å². The lowest BCUT2D eigenvalue weighted by molar-refractivity contribution is 0.0896. The predicted octanol–water partition coefficient (Wildman–Crippen LogP) is 3.45. The number of carbonyl (C=O) groups is 2. The monoisotopic (exact) mass is 582 g/mol. The van der Waals surface area contributed by atoms with Crippen LogP contribution in [0, 0.1) is 6.92 Å². The Morgan fingerprint density at radius 3 is 1.57 bits per heavy atom. The van der Waals surface area contributed by atoms with Crippen molar-refractivity contribution in [3.63, 3.8) is 0 Å². The molecule has 1 aromatic heterocycles. The lowest BCUT2D eigenvalue weighted by Gasteiger charge is -2.23. The highest BCUT2D eigenvalue weighted by Gasteiger charge is 2.33. The zero-order valence-corrected chi connectivity index (χ0v) is 23.7. The smallest absolute Gasteiger partial charge is 0.266 e. The molecule has 0 aliphatic carbocycles. The summed E-state index contributed by atoms with van der Waals surface area (Å²) >= 11 is 0. The van der Waals surface area contributed by atoms with Gasteiger partial charge in [-0.25, -0.2) is 26.7 Å². The fraction of sp³-hybridized carbons (Fsp3) is 0.321. The van der Waals surface area contributed by atoms with Crippen LogP contribution in [-0.4, -0.2) is 68.4 Å². The first-order chi connectivity index (χ1) is 19.1. The van der Waals surface area contributed by atoms with Crippen molar-refractivity contribution in [2.75, 3.05) is 31.1 Å². The summed E-state index contributed by atoms with van der Waals surface area (Å²) in [5.74, 6) is -1.49. The van der Waals surface area contributed by atoms with E-state index in [2.05, 4.69) is 4.98 Å². The Labute approximate surface area is 234 Å². The summed E-state index contributed by atoms with van der Waals surface area (Å²) in [4.78, 5) is 32.9. The molecule has 5 rings (SSSR count). The lowest BCUT2D eigenvalue weighted by Crippen LogP contribution is -2.38. The molecular formula is C28H30N4O6S2. The number of carbonyl (C=O) groups excluding carboxylic acids is 2. The van der Waals surface area contributed by atoms with E-state index < -0.39 is 31.9 Å². The Morgan fingerprint density at radius 2 is 1.15 bits per heavy atom. The average Bonchev–Trinajstić information content (AvgIpc) is 3.70. The van der Waals surface area contributed by atoms with Gasteiger partial charge in [-0.3, -0.25) is 9.59 Å². The van der Waals surface area contributed by atoms with Gasteiger partial charge in [0, 0.05) is 43.5 Å². The van der Waals surface area contributed by atoms with Crippen molar-refractivity contribution in [1.29, 1.82) is 0 Å². The van der Waals surface area contributed by atoms with E-state index in [1.165, 1.54) is 63.3 Å². The van der Waals surface area contributed by atoms with Gasteiger partial charge in [-0.05, 0) is 80.6 Å². The minimum atomic E-state index is -3.81. The average molecular weight is 583 g/mol. The molecule has 40 heavy (non-hydrogen) atoms. The van der Waals surface area contributed by atoms with Crippen LogP contribution < -0.4 is 4.90 Å². The Hall–Kier alpha value is -3.45. The fourth-order valence-electron chi connectivity index (χ4n) is 4.99. The van der Waals surface area contributed by atoms with E-state index in [-0.39, 0.29) is 26.7 Å². The van der Waals surface area contributed by atoms with Crippen molar-refractivity contribution < 1.29 is 26.4 Å². The molecule has 0 atom stereocenters. The van der Waals surface area contributed by atoms with Crippen LogP contribution in [0.3, 0.4) is 0 Å². The summed E-state index contributed by atoms with van der Waals surface area (Å²) in [7, 11) is -7.61. The Bertz CT molecular complexity index is 1560. The first-order valence-electron chi connectivity index (χ1n) is 13.1. The van der Waals surface area contributed by atoms with E-state index in [0.717, 1.165) is 30.6 Å². The van der Waals surface area contributed by atoms with Gasteiger partial charge in [-0.2, -0.15) is 8.61 Å². The lowest BCUT2D eigenvalue weighted by atomic mass is 10.1. The van der Waals surface area contributed by atoms with Gasteiger partial charge >= 0.3 is 0 Å². The Balaban J connectivity index is 1.55. The van der Waals surface area contributed by atoms with Crippen molar-refractivity contribution in [3.8, 4) is 0 Å². The van der Waals surface area contributed by atoms with Gasteiger partial charge in [0.25, 0.3) is 11.8 Å². The highest BCUT2D eigenvalue weighted by Crippen LogP contribution is 2.27. The summed E-state index contributed by atoms with van der Waals surface area (Å²) in [6.45, 7) is 3.34. The molecular weight excluding hydrogens is 552 g/mol.